The fourth-order valence-electron chi connectivity index (χ4n) is 3.49. The Morgan fingerprint density at radius 1 is 1.35 bits per heavy atom. The molecule has 3 amide bonds. The largest absolute Gasteiger partial charge is 0.364 e. The monoisotopic (exact) mass is 358 g/mol. The van der Waals surface area contributed by atoms with Gasteiger partial charge in [0.1, 0.15) is 17.6 Å². The number of carbonyl (C=O) groups excluding carboxylic acids is 3. The van der Waals surface area contributed by atoms with Crippen molar-refractivity contribution in [3.63, 3.8) is 0 Å². The number of nitrogens with one attached hydrogen (secondary N) is 1. The van der Waals surface area contributed by atoms with Crippen LogP contribution in [0.4, 0.5) is 5.69 Å². The number of aryl methyl sites for hydroxylation is 2. The first-order valence-corrected chi connectivity index (χ1v) is 8.37. The number of hydrogen-bond donors (Lipinski definition) is 2. The van der Waals surface area contributed by atoms with Crippen LogP contribution >= 0.6 is 0 Å². The standard InChI is InChI=1S/C17H22N6O3/c1-4-23-13(24)8-11(14(23)16-19-5-6-21(16)2)17(26)20-10-7-12(15(18)25)22(3)9-10/h5-7,9,11,14H,4,8H2,1-3H3,(H2,18,25)(H,20,26)/t11-,14-/m0/s1. The molecule has 1 aliphatic rings. The SMILES string of the molecule is CCN1C(=O)C[C@H](C(=O)Nc2cc(C(N)=O)n(C)c2)[C@H]1c1nccn1C. The summed E-state index contributed by atoms with van der Waals surface area (Å²) in [5, 5.41) is 2.79. The van der Waals surface area contributed by atoms with Crippen LogP contribution in [0.1, 0.15) is 35.7 Å². The normalized spacial score (nSPS) is 19.8. The third kappa shape index (κ3) is 2.96. The second-order valence-corrected chi connectivity index (χ2v) is 6.41. The Balaban J connectivity index is 1.87. The van der Waals surface area contributed by atoms with E-state index in [0.29, 0.717) is 23.8 Å². The maximum absolute atomic E-state index is 12.9. The van der Waals surface area contributed by atoms with Crippen LogP contribution in [0.3, 0.4) is 0 Å². The van der Waals surface area contributed by atoms with Gasteiger partial charge in [-0.25, -0.2) is 4.98 Å². The predicted octanol–water partition coefficient (Wildman–Crippen LogP) is 0.406. The van der Waals surface area contributed by atoms with Crippen molar-refractivity contribution in [3.8, 4) is 0 Å². The third-order valence-electron chi connectivity index (χ3n) is 4.76. The smallest absolute Gasteiger partial charge is 0.265 e. The van der Waals surface area contributed by atoms with E-state index in [1.165, 1.54) is 6.07 Å². The lowest BCUT2D eigenvalue weighted by Gasteiger charge is -2.26. The van der Waals surface area contributed by atoms with Gasteiger partial charge >= 0.3 is 0 Å². The Morgan fingerprint density at radius 3 is 2.62 bits per heavy atom. The topological polar surface area (TPSA) is 115 Å². The molecule has 2 aromatic rings. The third-order valence-corrected chi connectivity index (χ3v) is 4.76. The Labute approximate surface area is 150 Å². The highest BCUT2D eigenvalue weighted by Gasteiger charge is 2.45. The van der Waals surface area contributed by atoms with Crippen molar-refractivity contribution < 1.29 is 14.4 Å². The van der Waals surface area contributed by atoms with E-state index in [4.69, 9.17) is 5.73 Å². The average Bonchev–Trinajstić information content (AvgIpc) is 3.24. The molecule has 2 atom stereocenters. The van der Waals surface area contributed by atoms with E-state index in [1.807, 2.05) is 18.5 Å². The maximum atomic E-state index is 12.9. The lowest BCUT2D eigenvalue weighted by molar-refractivity contribution is -0.129. The summed E-state index contributed by atoms with van der Waals surface area (Å²) in [6.07, 6.45) is 5.17. The molecule has 3 N–H and O–H groups in total. The van der Waals surface area contributed by atoms with E-state index >= 15 is 0 Å². The van der Waals surface area contributed by atoms with Crippen LogP contribution in [0.5, 0.6) is 0 Å². The van der Waals surface area contributed by atoms with E-state index in [2.05, 4.69) is 10.3 Å². The molecule has 0 bridgehead atoms. The van der Waals surface area contributed by atoms with Gasteiger partial charge in [0, 0.05) is 45.7 Å². The summed E-state index contributed by atoms with van der Waals surface area (Å²) in [5.41, 5.74) is 6.06. The number of carbonyl (C=O) groups is 3. The number of nitrogens with two attached hydrogens (primary N) is 1. The fraction of sp³-hybridized carbons (Fsp3) is 0.412. The summed E-state index contributed by atoms with van der Waals surface area (Å²) >= 11 is 0. The van der Waals surface area contributed by atoms with Gasteiger partial charge in [0.2, 0.25) is 11.8 Å². The zero-order valence-electron chi connectivity index (χ0n) is 15.0. The van der Waals surface area contributed by atoms with Crippen LogP contribution in [0.25, 0.3) is 0 Å². The molecule has 1 saturated heterocycles. The van der Waals surface area contributed by atoms with Crippen LogP contribution in [0.2, 0.25) is 0 Å². The Hall–Kier alpha value is -3.10. The van der Waals surface area contributed by atoms with Crippen LogP contribution in [-0.4, -0.2) is 43.3 Å². The van der Waals surface area contributed by atoms with Crippen molar-refractivity contribution in [2.45, 2.75) is 19.4 Å². The van der Waals surface area contributed by atoms with Crippen molar-refractivity contribution in [1.29, 1.82) is 0 Å². The molecule has 1 fully saturated rings. The molecule has 0 saturated carbocycles. The number of primary amides is 1. The molecule has 3 rings (SSSR count). The number of likely N-dealkylation sites (tertiary alicyclic amines) is 1. The summed E-state index contributed by atoms with van der Waals surface area (Å²) in [7, 11) is 3.51. The minimum absolute atomic E-state index is 0.0773. The molecule has 26 heavy (non-hydrogen) atoms. The first kappa shape index (κ1) is 17.7. The second kappa shape index (κ2) is 6.66. The van der Waals surface area contributed by atoms with Crippen LogP contribution in [0, 0.1) is 5.92 Å². The zero-order valence-corrected chi connectivity index (χ0v) is 15.0. The van der Waals surface area contributed by atoms with Crippen molar-refractivity contribution in [3.05, 3.63) is 36.2 Å². The van der Waals surface area contributed by atoms with Gasteiger partial charge in [0.05, 0.1) is 11.6 Å². The van der Waals surface area contributed by atoms with Gasteiger partial charge < -0.3 is 25.1 Å². The van der Waals surface area contributed by atoms with Gasteiger partial charge in [-0.2, -0.15) is 0 Å². The number of imidazole rings is 1. The summed E-state index contributed by atoms with van der Waals surface area (Å²) in [5.74, 6) is -0.841. The van der Waals surface area contributed by atoms with E-state index in [9.17, 15) is 14.4 Å². The van der Waals surface area contributed by atoms with Gasteiger partial charge in [-0.1, -0.05) is 0 Å². The molecular formula is C17H22N6O3. The van der Waals surface area contributed by atoms with Crippen molar-refractivity contribution >= 4 is 23.4 Å². The van der Waals surface area contributed by atoms with Crippen LogP contribution in [0.15, 0.2) is 24.7 Å². The molecule has 0 aliphatic carbocycles. The molecule has 3 heterocycles. The molecule has 0 spiro atoms. The first-order valence-electron chi connectivity index (χ1n) is 8.37. The van der Waals surface area contributed by atoms with Gasteiger partial charge in [0.25, 0.3) is 5.91 Å². The van der Waals surface area contributed by atoms with E-state index < -0.39 is 17.9 Å². The Bertz CT molecular complexity index is 868. The number of rotatable bonds is 5. The van der Waals surface area contributed by atoms with E-state index in [1.54, 1.807) is 35.1 Å². The second-order valence-electron chi connectivity index (χ2n) is 6.41. The Kier molecular flexibility index (Phi) is 4.54. The summed E-state index contributed by atoms with van der Waals surface area (Å²) in [6, 6.07) is 1.09. The molecule has 138 valence electrons. The number of anilines is 1. The number of aromatic nitrogens is 3. The Morgan fingerprint density at radius 2 is 2.08 bits per heavy atom. The van der Waals surface area contributed by atoms with Gasteiger partial charge in [0.15, 0.2) is 0 Å². The van der Waals surface area contributed by atoms with Crippen molar-refractivity contribution in [1.82, 2.24) is 19.0 Å². The first-order chi connectivity index (χ1) is 12.3. The van der Waals surface area contributed by atoms with Gasteiger partial charge in [-0.15, -0.1) is 0 Å². The summed E-state index contributed by atoms with van der Waals surface area (Å²) < 4.78 is 3.37. The minimum atomic E-state index is -0.577. The maximum Gasteiger partial charge on any atom is 0.265 e. The molecule has 0 radical (unpaired) electrons. The predicted molar refractivity (Wildman–Crippen MR) is 94.0 cm³/mol. The highest BCUT2D eigenvalue weighted by atomic mass is 16.2. The summed E-state index contributed by atoms with van der Waals surface area (Å²) in [6.45, 7) is 2.38. The number of nitrogens with zero attached hydrogens (tertiary/aromatic N) is 4. The molecule has 0 unspecified atom stereocenters. The average molecular weight is 358 g/mol. The van der Waals surface area contributed by atoms with Crippen LogP contribution < -0.4 is 11.1 Å². The van der Waals surface area contributed by atoms with Gasteiger partial charge in [-0.3, -0.25) is 14.4 Å². The molecule has 0 aromatic carbocycles. The van der Waals surface area contributed by atoms with E-state index in [0.717, 1.165) is 0 Å². The number of amides is 3. The quantitative estimate of drug-likeness (QED) is 0.805. The fourth-order valence-corrected chi connectivity index (χ4v) is 3.49. The van der Waals surface area contributed by atoms with Crippen molar-refractivity contribution in [2.75, 3.05) is 11.9 Å². The molecular weight excluding hydrogens is 336 g/mol. The molecule has 1 aliphatic heterocycles. The summed E-state index contributed by atoms with van der Waals surface area (Å²) in [4.78, 5) is 42.6. The molecule has 2 aromatic heterocycles. The number of hydrogen-bond acceptors (Lipinski definition) is 4. The highest BCUT2D eigenvalue weighted by molar-refractivity contribution is 5.99. The van der Waals surface area contributed by atoms with Crippen LogP contribution in [-0.2, 0) is 23.7 Å². The van der Waals surface area contributed by atoms with Gasteiger partial charge in [-0.05, 0) is 13.0 Å². The molecule has 9 heteroatoms. The molecule has 9 nitrogen and oxygen atoms in total. The highest BCUT2D eigenvalue weighted by Crippen LogP contribution is 2.37. The van der Waals surface area contributed by atoms with E-state index in [-0.39, 0.29) is 18.2 Å². The zero-order chi connectivity index (χ0) is 19.0. The lowest BCUT2D eigenvalue weighted by Crippen LogP contribution is -2.33. The lowest BCUT2D eigenvalue weighted by atomic mass is 9.98. The minimum Gasteiger partial charge on any atom is -0.364 e. The van der Waals surface area contributed by atoms with Crippen molar-refractivity contribution in [2.24, 2.45) is 25.7 Å².